The van der Waals surface area contributed by atoms with Gasteiger partial charge in [0, 0.05) is 60.4 Å². The summed E-state index contributed by atoms with van der Waals surface area (Å²) in [7, 11) is 0. The Morgan fingerprint density at radius 3 is 1.59 bits per heavy atom. The smallest absolute Gasteiger partial charge is 0.311 e. The molecule has 202 valence electrons. The van der Waals surface area contributed by atoms with Crippen LogP contribution in [0.25, 0.3) is 11.6 Å². The van der Waals surface area contributed by atoms with Crippen molar-refractivity contribution in [3.63, 3.8) is 0 Å². The number of hydrogen-bond donors (Lipinski definition) is 1. The third-order valence-corrected chi connectivity index (χ3v) is 6.02. The standard InChI is InChI=1S/C16H20N2O2.C14H18N2O.Al.Li.2H/c1-5-20-16(19)10-14-8-11(2)9-15(17-14)18-12(3)6-7-13(18)4;1-10-8-13(6-7-17)15-14(9-10)16-11(2)4-5-12(16)3;;;;/h6-9H,5,10H2,1-4H3;4-5,8-9,17H,6-7H2,1-3H3;;;;. The summed E-state index contributed by atoms with van der Waals surface area (Å²) in [5, 5.41) is 8.99. The van der Waals surface area contributed by atoms with Gasteiger partial charge in [0.15, 0.2) is 0 Å². The molecule has 39 heavy (non-hydrogen) atoms. The summed E-state index contributed by atoms with van der Waals surface area (Å²) < 4.78 is 9.20. The van der Waals surface area contributed by atoms with Gasteiger partial charge in [-0.05, 0) is 108 Å². The molecule has 0 saturated heterocycles. The van der Waals surface area contributed by atoms with Crippen molar-refractivity contribution < 1.29 is 14.6 Å². The normalized spacial score (nSPS) is 10.2. The Labute approximate surface area is 255 Å². The second kappa shape index (κ2) is 15.9. The molecule has 0 atom stereocenters. The first-order chi connectivity index (χ1) is 17.6. The van der Waals surface area contributed by atoms with Gasteiger partial charge in [0.2, 0.25) is 0 Å². The number of carbonyl (C=O) groups is 1. The van der Waals surface area contributed by atoms with Gasteiger partial charge in [0.1, 0.15) is 29.0 Å². The molecule has 0 bridgehead atoms. The second-order valence-electron chi connectivity index (χ2n) is 9.35. The fraction of sp³-hybridized carbons (Fsp3) is 0.367. The van der Waals surface area contributed by atoms with E-state index >= 15 is 0 Å². The molecule has 0 spiro atoms. The van der Waals surface area contributed by atoms with Gasteiger partial charge in [-0.15, -0.1) is 0 Å². The van der Waals surface area contributed by atoms with Crippen LogP contribution < -0.4 is 0 Å². The van der Waals surface area contributed by atoms with E-state index in [-0.39, 0.29) is 55.2 Å². The molecule has 0 aromatic carbocycles. The van der Waals surface area contributed by atoms with Crippen LogP contribution in [0.1, 0.15) is 52.2 Å². The maximum Gasteiger partial charge on any atom is 0.311 e. The molecule has 2 radical (unpaired) electrons. The third kappa shape index (κ3) is 9.24. The SMILES string of the molecule is CCOC(=O)Cc1cc(C)cc(-n2c(C)ccc2C)n1.Cc1cc(CCO)nc(-n2c(C)ccc2C)c1.[AlH2].[Li]. The third-order valence-electron chi connectivity index (χ3n) is 6.02. The summed E-state index contributed by atoms with van der Waals surface area (Å²) in [5.74, 6) is 1.55. The van der Waals surface area contributed by atoms with Crippen molar-refractivity contribution in [2.24, 2.45) is 0 Å². The number of pyridine rings is 2. The first-order valence-electron chi connectivity index (χ1n) is 12.6. The molecule has 0 fully saturated rings. The molecule has 0 unspecified atom stereocenters. The Bertz CT molecular complexity index is 1340. The van der Waals surface area contributed by atoms with Gasteiger partial charge in [-0.25, -0.2) is 9.97 Å². The van der Waals surface area contributed by atoms with Gasteiger partial charge in [-0.3, -0.25) is 4.79 Å². The van der Waals surface area contributed by atoms with Crippen LogP contribution in [0.3, 0.4) is 0 Å². The van der Waals surface area contributed by atoms with Crippen LogP contribution in [0.4, 0.5) is 0 Å². The van der Waals surface area contributed by atoms with Crippen molar-refractivity contribution in [3.8, 4) is 11.6 Å². The molecule has 0 aliphatic carbocycles. The van der Waals surface area contributed by atoms with Crippen molar-refractivity contribution in [2.75, 3.05) is 13.2 Å². The van der Waals surface area contributed by atoms with Crippen LogP contribution in [0, 0.1) is 41.5 Å². The minimum absolute atomic E-state index is 0. The van der Waals surface area contributed by atoms with Gasteiger partial charge in [-0.1, -0.05) is 0 Å². The van der Waals surface area contributed by atoms with Crippen molar-refractivity contribution in [2.45, 2.75) is 61.3 Å². The number of aromatic nitrogens is 4. The molecule has 0 aliphatic heterocycles. The number of rotatable bonds is 7. The number of esters is 1. The number of aryl methyl sites for hydroxylation is 6. The van der Waals surface area contributed by atoms with Crippen molar-refractivity contribution >= 4 is 42.2 Å². The van der Waals surface area contributed by atoms with E-state index in [2.05, 4.69) is 70.2 Å². The van der Waals surface area contributed by atoms with Gasteiger partial charge in [0.05, 0.1) is 18.7 Å². The molecular weight excluding hydrogens is 498 g/mol. The fourth-order valence-corrected chi connectivity index (χ4v) is 4.42. The summed E-state index contributed by atoms with van der Waals surface area (Å²) >= 11 is 0. The molecular formula is C30H40AlLiN4O3. The zero-order valence-electron chi connectivity index (χ0n) is 25.0. The quantitative estimate of drug-likeness (QED) is 0.285. The minimum Gasteiger partial charge on any atom is -0.466 e. The first-order valence-corrected chi connectivity index (χ1v) is 12.6. The Morgan fingerprint density at radius 1 is 0.769 bits per heavy atom. The van der Waals surface area contributed by atoms with Gasteiger partial charge in [-0.2, -0.15) is 0 Å². The van der Waals surface area contributed by atoms with Crippen LogP contribution >= 0.6 is 0 Å². The predicted octanol–water partition coefficient (Wildman–Crippen LogP) is 3.94. The average Bonchev–Trinajstić information content (AvgIpc) is 3.33. The molecule has 9 heteroatoms. The van der Waals surface area contributed by atoms with Crippen LogP contribution in [0.5, 0.6) is 0 Å². The van der Waals surface area contributed by atoms with Crippen molar-refractivity contribution in [1.82, 2.24) is 19.1 Å². The minimum atomic E-state index is -0.238. The summed E-state index contributed by atoms with van der Waals surface area (Å²) in [6, 6.07) is 16.3. The van der Waals surface area contributed by atoms with Crippen LogP contribution in [-0.2, 0) is 22.4 Å². The van der Waals surface area contributed by atoms with Crippen LogP contribution in [0.15, 0.2) is 48.5 Å². The number of ether oxygens (including phenoxy) is 1. The van der Waals surface area contributed by atoms with Gasteiger partial charge < -0.3 is 19.0 Å². The van der Waals surface area contributed by atoms with E-state index < -0.39 is 0 Å². The summed E-state index contributed by atoms with van der Waals surface area (Å²) in [5.41, 5.74) is 8.55. The predicted molar refractivity (Wildman–Crippen MR) is 161 cm³/mol. The molecule has 4 aromatic heterocycles. The van der Waals surface area contributed by atoms with E-state index in [1.165, 1.54) is 17.0 Å². The summed E-state index contributed by atoms with van der Waals surface area (Å²) in [4.78, 5) is 20.8. The second-order valence-corrected chi connectivity index (χ2v) is 9.35. The Hall–Kier alpha value is -2.58. The van der Waals surface area contributed by atoms with E-state index in [0.717, 1.165) is 40.0 Å². The molecule has 4 heterocycles. The maximum absolute atomic E-state index is 11.6. The Morgan fingerprint density at radius 2 is 1.18 bits per heavy atom. The largest absolute Gasteiger partial charge is 0.466 e. The van der Waals surface area contributed by atoms with Crippen molar-refractivity contribution in [1.29, 1.82) is 0 Å². The van der Waals surface area contributed by atoms with Crippen LogP contribution in [-0.4, -0.2) is 79.6 Å². The molecule has 0 aliphatic rings. The molecule has 0 saturated carbocycles. The number of aliphatic hydroxyl groups is 1. The average molecular weight is 539 g/mol. The first kappa shape index (κ1) is 34.4. The van der Waals surface area contributed by atoms with Gasteiger partial charge >= 0.3 is 5.97 Å². The van der Waals surface area contributed by atoms with Crippen LogP contribution in [0.2, 0.25) is 0 Å². The molecule has 4 aromatic rings. The molecule has 7 nitrogen and oxygen atoms in total. The number of carbonyl (C=O) groups excluding carboxylic acids is 1. The zero-order chi connectivity index (χ0) is 27.1. The Kier molecular flexibility index (Phi) is 14.0. The number of hydrogen-bond acceptors (Lipinski definition) is 5. The fourth-order valence-electron chi connectivity index (χ4n) is 4.42. The molecule has 4 rings (SSSR count). The van der Waals surface area contributed by atoms with Crippen molar-refractivity contribution in [3.05, 3.63) is 93.8 Å². The maximum atomic E-state index is 11.6. The zero-order valence-corrected chi connectivity index (χ0v) is 27.0. The number of nitrogens with zero attached hydrogens (tertiary/aromatic N) is 4. The van der Waals surface area contributed by atoms with E-state index in [1.807, 2.05) is 39.0 Å². The number of aliphatic hydroxyl groups excluding tert-OH is 1. The molecule has 1 N–H and O–H groups in total. The Balaban J connectivity index is 0.000000375. The topological polar surface area (TPSA) is 82.2 Å². The molecule has 0 amide bonds. The van der Waals surface area contributed by atoms with E-state index in [1.54, 1.807) is 6.92 Å². The van der Waals surface area contributed by atoms with E-state index in [9.17, 15) is 4.79 Å². The van der Waals surface area contributed by atoms with E-state index in [4.69, 9.17) is 9.84 Å². The monoisotopic (exact) mass is 538 g/mol. The van der Waals surface area contributed by atoms with E-state index in [0.29, 0.717) is 13.0 Å². The van der Waals surface area contributed by atoms with Gasteiger partial charge in [0.25, 0.3) is 0 Å². The summed E-state index contributed by atoms with van der Waals surface area (Å²) in [6.45, 7) is 14.6. The summed E-state index contributed by atoms with van der Waals surface area (Å²) in [6.07, 6.45) is 0.815.